The van der Waals surface area contributed by atoms with Crippen LogP contribution in [0.4, 0.5) is 4.39 Å². The maximum atomic E-state index is 13.6. The van der Waals surface area contributed by atoms with E-state index in [1.165, 1.54) is 5.56 Å². The molecule has 1 aromatic rings. The van der Waals surface area contributed by atoms with Crippen molar-refractivity contribution in [3.8, 4) is 11.8 Å². The first-order valence-electron chi connectivity index (χ1n) is 4.97. The average Bonchev–Trinajstić information content (AvgIpc) is 2.14. The molecule has 0 bridgehead atoms. The Balaban J connectivity index is 2.43. The van der Waals surface area contributed by atoms with Crippen LogP contribution in [-0.4, -0.2) is 5.67 Å². The second-order valence-corrected chi connectivity index (χ2v) is 3.96. The molecule has 0 saturated carbocycles. The minimum absolute atomic E-state index is 0.536. The molecule has 0 heterocycles. The van der Waals surface area contributed by atoms with Crippen LogP contribution in [0.25, 0.3) is 0 Å². The summed E-state index contributed by atoms with van der Waals surface area (Å²) in [5, 5.41) is 0. The number of alkyl halides is 1. The van der Waals surface area contributed by atoms with Gasteiger partial charge in [-0.3, -0.25) is 0 Å². The molecule has 1 aliphatic rings. The molecule has 0 saturated heterocycles. The van der Waals surface area contributed by atoms with Gasteiger partial charge in [-0.25, -0.2) is 4.39 Å². The third kappa shape index (κ3) is 1.96. The number of benzene rings is 1. The lowest BCUT2D eigenvalue weighted by Gasteiger charge is -2.15. The lowest BCUT2D eigenvalue weighted by atomic mass is 9.93. The molecule has 1 heteroatoms. The SMILES string of the molecule is CC1(F)C#Cc2ccccc2CCC1. The molecule has 0 fully saturated rings. The van der Waals surface area contributed by atoms with Gasteiger partial charge >= 0.3 is 0 Å². The average molecular weight is 188 g/mol. The molecule has 0 aromatic heterocycles. The molecule has 0 radical (unpaired) electrons. The number of hydrogen-bond acceptors (Lipinski definition) is 0. The molecule has 0 spiro atoms. The summed E-state index contributed by atoms with van der Waals surface area (Å²) in [5.74, 6) is 5.63. The molecule has 0 amide bonds. The number of fused-ring (bicyclic) bond motifs is 1. The van der Waals surface area contributed by atoms with E-state index in [0.717, 1.165) is 18.4 Å². The molecular weight excluding hydrogens is 175 g/mol. The van der Waals surface area contributed by atoms with Gasteiger partial charge in [0, 0.05) is 5.56 Å². The first-order chi connectivity index (χ1) is 6.67. The maximum absolute atomic E-state index is 13.6. The van der Waals surface area contributed by atoms with E-state index < -0.39 is 5.67 Å². The van der Waals surface area contributed by atoms with Gasteiger partial charge in [0.1, 0.15) is 0 Å². The Hall–Kier alpha value is -1.29. The highest BCUT2D eigenvalue weighted by molar-refractivity contribution is 5.43. The molecule has 1 unspecified atom stereocenters. The first-order valence-corrected chi connectivity index (χ1v) is 4.97. The summed E-state index contributed by atoms with van der Waals surface area (Å²) in [4.78, 5) is 0. The normalized spacial score (nSPS) is 25.3. The summed E-state index contributed by atoms with van der Waals surface area (Å²) in [6, 6.07) is 8.00. The van der Waals surface area contributed by atoms with E-state index in [4.69, 9.17) is 0 Å². The highest BCUT2D eigenvalue weighted by Gasteiger charge is 2.20. The lowest BCUT2D eigenvalue weighted by molar-refractivity contribution is 0.248. The van der Waals surface area contributed by atoms with Gasteiger partial charge in [0.15, 0.2) is 5.67 Å². The van der Waals surface area contributed by atoms with Crippen molar-refractivity contribution in [2.75, 3.05) is 0 Å². The number of rotatable bonds is 0. The third-order valence-electron chi connectivity index (χ3n) is 2.57. The highest BCUT2D eigenvalue weighted by atomic mass is 19.1. The predicted molar refractivity (Wildman–Crippen MR) is 55.8 cm³/mol. The Morgan fingerprint density at radius 1 is 1.36 bits per heavy atom. The maximum Gasteiger partial charge on any atom is 0.168 e. The summed E-state index contributed by atoms with van der Waals surface area (Å²) in [5.41, 5.74) is 0.916. The minimum Gasteiger partial charge on any atom is -0.230 e. The molecule has 0 N–H and O–H groups in total. The quantitative estimate of drug-likeness (QED) is 0.549. The Bertz CT molecular complexity index is 393. The molecule has 1 aliphatic carbocycles. The van der Waals surface area contributed by atoms with E-state index in [1.807, 2.05) is 18.2 Å². The molecule has 0 nitrogen and oxygen atoms in total. The first kappa shape index (κ1) is 9.27. The zero-order chi connectivity index (χ0) is 10.0. The van der Waals surface area contributed by atoms with Crippen molar-refractivity contribution < 1.29 is 4.39 Å². The molecule has 2 rings (SSSR count). The van der Waals surface area contributed by atoms with Gasteiger partial charge in [0.05, 0.1) is 0 Å². The summed E-state index contributed by atoms with van der Waals surface area (Å²) in [6.07, 6.45) is 2.34. The molecule has 72 valence electrons. The van der Waals surface area contributed by atoms with E-state index in [2.05, 4.69) is 17.9 Å². The fraction of sp³-hybridized carbons (Fsp3) is 0.385. The Morgan fingerprint density at radius 2 is 2.14 bits per heavy atom. The minimum atomic E-state index is -1.31. The molecule has 14 heavy (non-hydrogen) atoms. The molecule has 1 aromatic carbocycles. The van der Waals surface area contributed by atoms with Crippen molar-refractivity contribution >= 4 is 0 Å². The van der Waals surface area contributed by atoms with E-state index in [1.54, 1.807) is 6.92 Å². The Kier molecular flexibility index (Phi) is 2.29. The van der Waals surface area contributed by atoms with Crippen LogP contribution in [-0.2, 0) is 6.42 Å². The molecule has 0 aliphatic heterocycles. The van der Waals surface area contributed by atoms with Gasteiger partial charge in [-0.05, 0) is 37.8 Å². The fourth-order valence-corrected chi connectivity index (χ4v) is 1.73. The van der Waals surface area contributed by atoms with Crippen LogP contribution in [0.1, 0.15) is 30.9 Å². The van der Waals surface area contributed by atoms with Gasteiger partial charge in [0.25, 0.3) is 0 Å². The lowest BCUT2D eigenvalue weighted by Crippen LogP contribution is -2.16. The van der Waals surface area contributed by atoms with E-state index in [-0.39, 0.29) is 0 Å². The summed E-state index contributed by atoms with van der Waals surface area (Å²) >= 11 is 0. The number of halogens is 1. The smallest absolute Gasteiger partial charge is 0.168 e. The molecule has 1 atom stereocenters. The largest absolute Gasteiger partial charge is 0.230 e. The van der Waals surface area contributed by atoms with Crippen LogP contribution in [0.3, 0.4) is 0 Å². The van der Waals surface area contributed by atoms with Crippen LogP contribution in [0.5, 0.6) is 0 Å². The Morgan fingerprint density at radius 3 is 3.00 bits per heavy atom. The van der Waals surface area contributed by atoms with Crippen molar-refractivity contribution in [2.45, 2.75) is 31.9 Å². The third-order valence-corrected chi connectivity index (χ3v) is 2.57. The van der Waals surface area contributed by atoms with E-state index >= 15 is 0 Å². The predicted octanol–water partition coefficient (Wildman–Crippen LogP) is 3.10. The van der Waals surface area contributed by atoms with Crippen LogP contribution >= 0.6 is 0 Å². The standard InChI is InChI=1S/C13H13F/c1-13(14)9-4-7-11-5-2-3-6-12(11)8-10-13/h2-3,5-6H,4,7,9H2,1H3. The fourth-order valence-electron chi connectivity index (χ4n) is 1.73. The summed E-state index contributed by atoms with van der Waals surface area (Å²) < 4.78 is 13.6. The highest BCUT2D eigenvalue weighted by Crippen LogP contribution is 2.22. The van der Waals surface area contributed by atoms with Crippen LogP contribution < -0.4 is 0 Å². The van der Waals surface area contributed by atoms with Gasteiger partial charge in [0.2, 0.25) is 0 Å². The van der Waals surface area contributed by atoms with Crippen LogP contribution in [0, 0.1) is 11.8 Å². The van der Waals surface area contributed by atoms with E-state index in [0.29, 0.717) is 6.42 Å². The van der Waals surface area contributed by atoms with Gasteiger partial charge < -0.3 is 0 Å². The number of aryl methyl sites for hydroxylation is 1. The second-order valence-electron chi connectivity index (χ2n) is 3.96. The Labute approximate surface area is 84.1 Å². The van der Waals surface area contributed by atoms with Crippen molar-refractivity contribution in [2.24, 2.45) is 0 Å². The zero-order valence-corrected chi connectivity index (χ0v) is 8.31. The van der Waals surface area contributed by atoms with Crippen molar-refractivity contribution in [1.82, 2.24) is 0 Å². The second kappa shape index (κ2) is 3.46. The summed E-state index contributed by atoms with van der Waals surface area (Å²) in [7, 11) is 0. The summed E-state index contributed by atoms with van der Waals surface area (Å²) in [6.45, 7) is 1.56. The van der Waals surface area contributed by atoms with Gasteiger partial charge in [-0.1, -0.05) is 30.0 Å². The van der Waals surface area contributed by atoms with Crippen molar-refractivity contribution in [3.63, 3.8) is 0 Å². The van der Waals surface area contributed by atoms with Crippen molar-refractivity contribution in [3.05, 3.63) is 35.4 Å². The van der Waals surface area contributed by atoms with Crippen LogP contribution in [0.2, 0.25) is 0 Å². The van der Waals surface area contributed by atoms with Crippen LogP contribution in [0.15, 0.2) is 24.3 Å². The van der Waals surface area contributed by atoms with E-state index in [9.17, 15) is 4.39 Å². The van der Waals surface area contributed by atoms with Crippen molar-refractivity contribution in [1.29, 1.82) is 0 Å². The number of hydrogen-bond donors (Lipinski definition) is 0. The van der Waals surface area contributed by atoms with Gasteiger partial charge in [-0.15, -0.1) is 0 Å². The zero-order valence-electron chi connectivity index (χ0n) is 8.31. The molecular formula is C13H13F. The topological polar surface area (TPSA) is 0 Å². The monoisotopic (exact) mass is 188 g/mol. The van der Waals surface area contributed by atoms with Gasteiger partial charge in [-0.2, -0.15) is 0 Å².